The average molecular weight is 372 g/mol. The Morgan fingerprint density at radius 1 is 1.23 bits per heavy atom. The van der Waals surface area contributed by atoms with Crippen LogP contribution >= 0.6 is 11.6 Å². The van der Waals surface area contributed by atoms with Crippen LogP contribution in [-0.2, 0) is 24.3 Å². The van der Waals surface area contributed by atoms with Crippen molar-refractivity contribution in [2.75, 3.05) is 7.11 Å². The molecule has 0 atom stereocenters. The summed E-state index contributed by atoms with van der Waals surface area (Å²) in [5, 5.41) is 10.3. The van der Waals surface area contributed by atoms with Crippen LogP contribution in [0.15, 0.2) is 48.8 Å². The molecule has 6 nitrogen and oxygen atoms in total. The number of hydrogen-bond acceptors (Lipinski definition) is 5. The second-order valence-electron chi connectivity index (χ2n) is 5.68. The first-order valence-electron chi connectivity index (χ1n) is 8.07. The second kappa shape index (κ2) is 8.12. The van der Waals surface area contributed by atoms with Crippen LogP contribution in [0.3, 0.4) is 0 Å². The largest absolute Gasteiger partial charge is 0.465 e. The fourth-order valence-electron chi connectivity index (χ4n) is 2.68. The number of esters is 1. The Morgan fingerprint density at radius 3 is 2.69 bits per heavy atom. The van der Waals surface area contributed by atoms with Gasteiger partial charge in [0, 0.05) is 17.8 Å². The van der Waals surface area contributed by atoms with E-state index in [1.807, 2.05) is 28.8 Å². The van der Waals surface area contributed by atoms with Gasteiger partial charge in [-0.1, -0.05) is 23.7 Å². The SMILES string of the molecule is COC(=O)c1ccnc(-c2ncc(CO)n2CCc2ccc(Cl)cc2)c1. The standard InChI is InChI=1S/C19H18ClN3O3/c1-26-19(25)14-6-8-21-17(10-14)18-22-11-16(12-24)23(18)9-7-13-2-4-15(20)5-3-13/h2-6,8,10-11,24H,7,9,12H2,1H3. The number of aromatic nitrogens is 3. The van der Waals surface area contributed by atoms with Crippen molar-refractivity contribution in [3.05, 3.63) is 70.6 Å². The van der Waals surface area contributed by atoms with Crippen LogP contribution in [0.1, 0.15) is 21.6 Å². The zero-order valence-electron chi connectivity index (χ0n) is 14.2. The molecule has 0 saturated carbocycles. The van der Waals surface area contributed by atoms with Gasteiger partial charge in [-0.15, -0.1) is 0 Å². The van der Waals surface area contributed by atoms with E-state index in [9.17, 15) is 9.90 Å². The van der Waals surface area contributed by atoms with E-state index in [4.69, 9.17) is 16.3 Å². The number of hydrogen-bond donors (Lipinski definition) is 1. The monoisotopic (exact) mass is 371 g/mol. The Morgan fingerprint density at radius 2 is 2.00 bits per heavy atom. The number of benzene rings is 1. The summed E-state index contributed by atoms with van der Waals surface area (Å²) in [5.41, 5.74) is 2.74. The summed E-state index contributed by atoms with van der Waals surface area (Å²) < 4.78 is 6.65. The minimum absolute atomic E-state index is 0.135. The minimum Gasteiger partial charge on any atom is -0.465 e. The average Bonchev–Trinajstić information content (AvgIpc) is 3.10. The normalized spacial score (nSPS) is 10.7. The molecule has 0 saturated heterocycles. The highest BCUT2D eigenvalue weighted by Gasteiger charge is 2.15. The molecule has 7 heteroatoms. The number of imidazole rings is 1. The van der Waals surface area contributed by atoms with Crippen molar-refractivity contribution in [1.82, 2.24) is 14.5 Å². The molecule has 0 radical (unpaired) electrons. The molecule has 0 aliphatic heterocycles. The predicted octanol–water partition coefficient (Wildman–Crippen LogP) is 3.12. The third kappa shape index (κ3) is 3.92. The quantitative estimate of drug-likeness (QED) is 0.673. The van der Waals surface area contributed by atoms with Gasteiger partial charge in [-0.05, 0) is 36.2 Å². The maximum atomic E-state index is 11.8. The van der Waals surface area contributed by atoms with Crippen molar-refractivity contribution < 1.29 is 14.6 Å². The van der Waals surface area contributed by atoms with Crippen LogP contribution < -0.4 is 0 Å². The number of nitrogens with zero attached hydrogens (tertiary/aromatic N) is 3. The smallest absolute Gasteiger partial charge is 0.337 e. The molecule has 1 aromatic carbocycles. The maximum Gasteiger partial charge on any atom is 0.337 e. The third-order valence-corrected chi connectivity index (χ3v) is 4.30. The van der Waals surface area contributed by atoms with Crippen LogP contribution in [-0.4, -0.2) is 32.7 Å². The Hall–Kier alpha value is -2.70. The lowest BCUT2D eigenvalue weighted by molar-refractivity contribution is 0.0600. The first-order valence-corrected chi connectivity index (χ1v) is 8.44. The number of carbonyl (C=O) groups is 1. The molecule has 0 bridgehead atoms. The molecule has 0 aliphatic rings. The fourth-order valence-corrected chi connectivity index (χ4v) is 2.81. The molecule has 0 unspecified atom stereocenters. The van der Waals surface area contributed by atoms with Crippen molar-refractivity contribution in [3.8, 4) is 11.5 Å². The van der Waals surface area contributed by atoms with Crippen molar-refractivity contribution in [2.45, 2.75) is 19.6 Å². The van der Waals surface area contributed by atoms with E-state index in [2.05, 4.69) is 9.97 Å². The first-order chi connectivity index (χ1) is 12.6. The molecule has 0 aliphatic carbocycles. The van der Waals surface area contributed by atoms with Crippen LogP contribution in [0.4, 0.5) is 0 Å². The van der Waals surface area contributed by atoms with Gasteiger partial charge in [0.15, 0.2) is 5.82 Å². The van der Waals surface area contributed by atoms with Crippen LogP contribution in [0.5, 0.6) is 0 Å². The Balaban J connectivity index is 1.90. The Kier molecular flexibility index (Phi) is 5.65. The molecule has 3 rings (SSSR count). The van der Waals surface area contributed by atoms with Gasteiger partial charge < -0.3 is 14.4 Å². The number of aliphatic hydroxyl groups excluding tert-OH is 1. The summed E-state index contributed by atoms with van der Waals surface area (Å²) in [6, 6.07) is 10.8. The fraction of sp³-hybridized carbons (Fsp3) is 0.211. The molecule has 2 heterocycles. The van der Waals surface area contributed by atoms with Crippen LogP contribution in [0, 0.1) is 0 Å². The second-order valence-corrected chi connectivity index (χ2v) is 6.12. The van der Waals surface area contributed by atoms with Crippen molar-refractivity contribution in [2.24, 2.45) is 0 Å². The molecule has 26 heavy (non-hydrogen) atoms. The molecular weight excluding hydrogens is 354 g/mol. The van der Waals surface area contributed by atoms with Gasteiger partial charge in [-0.3, -0.25) is 4.98 Å². The van der Waals surface area contributed by atoms with E-state index in [1.165, 1.54) is 7.11 Å². The van der Waals surface area contributed by atoms with Gasteiger partial charge in [0.2, 0.25) is 0 Å². The van der Waals surface area contributed by atoms with Crippen molar-refractivity contribution in [3.63, 3.8) is 0 Å². The molecule has 0 fully saturated rings. The van der Waals surface area contributed by atoms with Gasteiger partial charge in [0.1, 0.15) is 5.69 Å². The summed E-state index contributed by atoms with van der Waals surface area (Å²) in [6.07, 6.45) is 3.90. The summed E-state index contributed by atoms with van der Waals surface area (Å²) in [6.45, 7) is 0.474. The zero-order valence-corrected chi connectivity index (χ0v) is 15.0. The van der Waals surface area contributed by atoms with Gasteiger partial charge in [-0.2, -0.15) is 0 Å². The number of methoxy groups -OCH3 is 1. The third-order valence-electron chi connectivity index (χ3n) is 4.05. The number of halogens is 1. The van der Waals surface area contributed by atoms with Crippen LogP contribution in [0.25, 0.3) is 11.5 Å². The van der Waals surface area contributed by atoms with E-state index >= 15 is 0 Å². The van der Waals surface area contributed by atoms with Gasteiger partial charge in [0.05, 0.1) is 31.2 Å². The summed E-state index contributed by atoms with van der Waals surface area (Å²) in [4.78, 5) is 20.4. The number of carbonyl (C=O) groups excluding carboxylic acids is 1. The van der Waals surface area contributed by atoms with Gasteiger partial charge in [0.25, 0.3) is 0 Å². The number of pyridine rings is 1. The molecule has 0 spiro atoms. The highest BCUT2D eigenvalue weighted by molar-refractivity contribution is 6.30. The summed E-state index contributed by atoms with van der Waals surface area (Å²) in [5.74, 6) is 0.157. The lowest BCUT2D eigenvalue weighted by atomic mass is 10.1. The topological polar surface area (TPSA) is 77.2 Å². The van der Waals surface area contributed by atoms with E-state index in [1.54, 1.807) is 24.5 Å². The molecule has 1 N–H and O–H groups in total. The lowest BCUT2D eigenvalue weighted by Crippen LogP contribution is -2.09. The van der Waals surface area contributed by atoms with E-state index in [0.29, 0.717) is 34.3 Å². The number of rotatable bonds is 6. The van der Waals surface area contributed by atoms with Gasteiger partial charge >= 0.3 is 5.97 Å². The molecule has 2 aromatic heterocycles. The summed E-state index contributed by atoms with van der Waals surface area (Å²) >= 11 is 5.92. The highest BCUT2D eigenvalue weighted by atomic mass is 35.5. The highest BCUT2D eigenvalue weighted by Crippen LogP contribution is 2.20. The number of ether oxygens (including phenoxy) is 1. The molecule has 134 valence electrons. The Bertz CT molecular complexity index is 907. The van der Waals surface area contributed by atoms with Gasteiger partial charge in [-0.25, -0.2) is 9.78 Å². The number of aliphatic hydroxyl groups is 1. The summed E-state index contributed by atoms with van der Waals surface area (Å²) in [7, 11) is 1.33. The Labute approximate surface area is 156 Å². The first kappa shape index (κ1) is 18.1. The molecule has 0 amide bonds. The van der Waals surface area contributed by atoms with Crippen molar-refractivity contribution >= 4 is 17.6 Å². The minimum atomic E-state index is -0.435. The van der Waals surface area contributed by atoms with Crippen molar-refractivity contribution in [1.29, 1.82) is 0 Å². The van der Waals surface area contributed by atoms with Crippen LogP contribution in [0.2, 0.25) is 5.02 Å². The van der Waals surface area contributed by atoms with E-state index in [0.717, 1.165) is 12.0 Å². The lowest BCUT2D eigenvalue weighted by Gasteiger charge is -2.11. The van der Waals surface area contributed by atoms with E-state index < -0.39 is 5.97 Å². The zero-order chi connectivity index (χ0) is 18.5. The van der Waals surface area contributed by atoms with E-state index in [-0.39, 0.29) is 6.61 Å². The maximum absolute atomic E-state index is 11.8. The molecule has 3 aromatic rings. The number of aryl methyl sites for hydroxylation is 1. The predicted molar refractivity (Wildman–Crippen MR) is 97.9 cm³/mol. The molecular formula is C19H18ClN3O3.